The Morgan fingerprint density at radius 1 is 0.797 bits per heavy atom. The molecule has 0 saturated heterocycles. The quantitative estimate of drug-likeness (QED) is 0.0346. The number of urea groups is 1. The molecule has 5 rings (SSSR count). The number of carbonyl (C=O) groups excluding carboxylic acids is 8. The number of alkyl carbamates (subject to hydrolysis) is 1. The average molecular weight is 1020 g/mol. The van der Waals surface area contributed by atoms with Gasteiger partial charge in [0.25, 0.3) is 17.7 Å². The summed E-state index contributed by atoms with van der Waals surface area (Å²) in [5.74, 6) is -1.75. The van der Waals surface area contributed by atoms with E-state index in [1.807, 2.05) is 32.6 Å². The predicted octanol–water partition coefficient (Wildman–Crippen LogP) is 5.16. The van der Waals surface area contributed by atoms with Crippen LogP contribution in [0.4, 0.5) is 26.7 Å². The highest BCUT2D eigenvalue weighted by atomic mass is 16.5. The molecule has 0 radical (unpaired) electrons. The Bertz CT molecular complexity index is 2560. The highest BCUT2D eigenvalue weighted by Crippen LogP contribution is 2.29. The molecule has 21 nitrogen and oxygen atoms in total. The van der Waals surface area contributed by atoms with E-state index in [2.05, 4.69) is 41.9 Å². The minimum Gasteiger partial charge on any atom is -0.445 e. The van der Waals surface area contributed by atoms with Gasteiger partial charge in [-0.15, -0.1) is 0 Å². The van der Waals surface area contributed by atoms with Crippen LogP contribution in [0.25, 0.3) is 6.08 Å². The zero-order valence-electron chi connectivity index (χ0n) is 42.7. The number of hydrogen-bond acceptors (Lipinski definition) is 13. The number of ether oxygens (including phenoxy) is 1. The Balaban J connectivity index is 1.07. The first-order chi connectivity index (χ1) is 35.5. The number of hydrogen-bond donors (Lipinski definition) is 8. The molecule has 3 aromatic rings. The number of primary amides is 1. The normalized spacial score (nSPS) is 13.7. The summed E-state index contributed by atoms with van der Waals surface area (Å²) in [4.78, 5) is 113. The number of aliphatic imine (C=N–C) groups is 1. The third kappa shape index (κ3) is 18.0. The SMILES string of the molecule is CCCN(CCC)C(=O)C1=Cc2ccc(C(=O)Nc3cncc(CNC(=O)OCc4ccc(NC(=O)C(CCCNC(N)=O)NC(=O)C(NCCCCCCN5C(=O)C=CC5=O)C(C)C)cc4)c3)cc2N=C(N)C1. The van der Waals surface area contributed by atoms with Crippen molar-refractivity contribution in [3.8, 4) is 0 Å². The number of carbonyl (C=O) groups is 8. The van der Waals surface area contributed by atoms with Crippen molar-refractivity contribution in [2.24, 2.45) is 22.4 Å². The minimum absolute atomic E-state index is 0.0477. The number of nitrogens with zero attached hydrogens (tertiary/aromatic N) is 4. The molecule has 2 aliphatic heterocycles. The molecule has 396 valence electrons. The van der Waals surface area contributed by atoms with E-state index in [1.54, 1.807) is 60.8 Å². The highest BCUT2D eigenvalue weighted by molar-refractivity contribution is 6.13. The number of rotatable bonds is 28. The second-order valence-corrected chi connectivity index (χ2v) is 18.4. The number of unbranched alkanes of at least 4 members (excludes halogenated alkanes) is 3. The maximum atomic E-state index is 13.6. The van der Waals surface area contributed by atoms with Crippen molar-refractivity contribution in [1.82, 2.24) is 36.1 Å². The average Bonchev–Trinajstić information content (AvgIpc) is 3.58. The van der Waals surface area contributed by atoms with E-state index in [1.165, 1.54) is 23.2 Å². The van der Waals surface area contributed by atoms with Crippen LogP contribution in [0.5, 0.6) is 0 Å². The lowest BCUT2D eigenvalue weighted by atomic mass is 10.0. The Kier molecular flexibility index (Phi) is 22.3. The van der Waals surface area contributed by atoms with Crippen LogP contribution in [0.3, 0.4) is 0 Å². The third-order valence-corrected chi connectivity index (χ3v) is 12.0. The van der Waals surface area contributed by atoms with Crippen molar-refractivity contribution in [2.75, 3.05) is 43.4 Å². The molecule has 0 saturated carbocycles. The number of fused-ring (bicyclic) bond motifs is 1. The molecular weight excluding hydrogens is 949 g/mol. The molecule has 2 atom stereocenters. The molecule has 74 heavy (non-hydrogen) atoms. The molecule has 0 fully saturated rings. The molecule has 1 aromatic heterocycles. The van der Waals surface area contributed by atoms with E-state index in [-0.39, 0.29) is 67.9 Å². The predicted molar refractivity (Wildman–Crippen MR) is 281 cm³/mol. The van der Waals surface area contributed by atoms with Crippen LogP contribution in [-0.4, -0.2) is 113 Å². The van der Waals surface area contributed by atoms with Crippen LogP contribution in [0, 0.1) is 5.92 Å². The van der Waals surface area contributed by atoms with Crippen LogP contribution in [0.15, 0.2) is 83.6 Å². The fraction of sp³-hybridized carbons (Fsp3) is 0.434. The van der Waals surface area contributed by atoms with Gasteiger partial charge >= 0.3 is 12.1 Å². The largest absolute Gasteiger partial charge is 0.445 e. The number of benzene rings is 2. The summed E-state index contributed by atoms with van der Waals surface area (Å²) in [5, 5.41) is 17.0. The maximum Gasteiger partial charge on any atom is 0.407 e. The number of nitrogens with two attached hydrogens (primary N) is 2. The number of anilines is 2. The third-order valence-electron chi connectivity index (χ3n) is 12.0. The molecule has 0 spiro atoms. The molecule has 2 unspecified atom stereocenters. The van der Waals surface area contributed by atoms with E-state index in [0.717, 1.165) is 32.1 Å². The van der Waals surface area contributed by atoms with Gasteiger partial charge in [-0.05, 0) is 98.5 Å². The first kappa shape index (κ1) is 57.0. The topological polar surface area (TPSA) is 302 Å². The zero-order chi connectivity index (χ0) is 53.6. The lowest BCUT2D eigenvalue weighted by Crippen LogP contribution is -2.53. The summed E-state index contributed by atoms with van der Waals surface area (Å²) in [6.07, 6.45) is 12.1. The molecule has 2 aliphatic rings. The molecule has 2 aromatic carbocycles. The van der Waals surface area contributed by atoms with Crippen molar-refractivity contribution >= 4 is 76.5 Å². The minimum atomic E-state index is -0.946. The van der Waals surface area contributed by atoms with E-state index in [9.17, 15) is 38.4 Å². The lowest BCUT2D eigenvalue weighted by molar-refractivity contribution is -0.137. The Morgan fingerprint density at radius 2 is 1.51 bits per heavy atom. The second-order valence-electron chi connectivity index (χ2n) is 18.4. The van der Waals surface area contributed by atoms with E-state index in [4.69, 9.17) is 16.2 Å². The molecule has 21 heteroatoms. The zero-order valence-corrected chi connectivity index (χ0v) is 42.7. The fourth-order valence-corrected chi connectivity index (χ4v) is 8.21. The number of amides is 9. The van der Waals surface area contributed by atoms with Gasteiger partial charge in [0.2, 0.25) is 17.7 Å². The first-order valence-electron chi connectivity index (χ1n) is 25.2. The Morgan fingerprint density at radius 3 is 2.20 bits per heavy atom. The van der Waals surface area contributed by atoms with Crippen molar-refractivity contribution in [1.29, 1.82) is 0 Å². The second kappa shape index (κ2) is 28.9. The monoisotopic (exact) mass is 1020 g/mol. The van der Waals surface area contributed by atoms with Gasteiger partial charge in [-0.2, -0.15) is 0 Å². The first-order valence-corrected chi connectivity index (χ1v) is 25.2. The van der Waals surface area contributed by atoms with Gasteiger partial charge in [-0.3, -0.25) is 38.7 Å². The molecular formula is C53H70N12O9. The molecule has 3 heterocycles. The number of imide groups is 1. The van der Waals surface area contributed by atoms with Crippen LogP contribution in [0.1, 0.15) is 113 Å². The summed E-state index contributed by atoms with van der Waals surface area (Å²) in [6, 6.07) is 11.1. The molecule has 0 bridgehead atoms. The highest BCUT2D eigenvalue weighted by Gasteiger charge is 2.28. The summed E-state index contributed by atoms with van der Waals surface area (Å²) in [5.41, 5.74) is 15.5. The van der Waals surface area contributed by atoms with Crippen LogP contribution >= 0.6 is 0 Å². The van der Waals surface area contributed by atoms with Gasteiger partial charge in [0.05, 0.1) is 23.6 Å². The number of aromatic nitrogens is 1. The fourth-order valence-electron chi connectivity index (χ4n) is 8.21. The summed E-state index contributed by atoms with van der Waals surface area (Å²) < 4.78 is 5.42. The molecule has 0 aliphatic carbocycles. The van der Waals surface area contributed by atoms with Gasteiger partial charge in [0.1, 0.15) is 18.5 Å². The Labute approximate surface area is 431 Å². The van der Waals surface area contributed by atoms with E-state index < -0.39 is 36.0 Å². The van der Waals surface area contributed by atoms with Crippen molar-refractivity contribution in [2.45, 2.75) is 111 Å². The molecule has 10 N–H and O–H groups in total. The van der Waals surface area contributed by atoms with Gasteiger partial charge in [-0.25, -0.2) is 14.6 Å². The summed E-state index contributed by atoms with van der Waals surface area (Å²) in [7, 11) is 0. The van der Waals surface area contributed by atoms with Crippen molar-refractivity contribution in [3.05, 3.63) is 101 Å². The number of pyridine rings is 1. The smallest absolute Gasteiger partial charge is 0.407 e. The summed E-state index contributed by atoms with van der Waals surface area (Å²) in [6.45, 7) is 10.2. The maximum absolute atomic E-state index is 13.6. The van der Waals surface area contributed by atoms with Crippen LogP contribution in [-0.2, 0) is 41.9 Å². The number of amidine groups is 1. The van der Waals surface area contributed by atoms with Crippen molar-refractivity contribution in [3.63, 3.8) is 0 Å². The van der Waals surface area contributed by atoms with Crippen LogP contribution in [0.2, 0.25) is 0 Å². The van der Waals surface area contributed by atoms with Crippen LogP contribution < -0.4 is 43.4 Å². The standard InChI is InChI=1S/C53H70N12O9/c1-5-23-64(24-6-2)51(71)39-27-37-15-16-38(28-43(37)62-44(54)29-39)48(68)61-41-26-36(30-56-32-41)31-59-53(73)74-33-35-13-17-40(18-14-35)60-49(69)42(12-11-22-58-52(55)72)63-50(70)47(34(3)4)57-21-9-7-8-10-25-65-45(66)19-20-46(65)67/h13-20,26-28,30,32,34,42,47,57H,5-12,21-25,29,31,33H2,1-4H3,(H2,54,62)(H,59,73)(H,60,69)(H,61,68)(H,63,70)(H3,55,58,72). The van der Waals surface area contributed by atoms with Gasteiger partial charge < -0.3 is 53.0 Å². The number of nitrogens with one attached hydrogen (secondary N) is 6. The van der Waals surface area contributed by atoms with Crippen molar-refractivity contribution < 1.29 is 43.1 Å². The Hall–Kier alpha value is -7.94. The van der Waals surface area contributed by atoms with Gasteiger partial charge in [-0.1, -0.05) is 58.7 Å². The van der Waals surface area contributed by atoms with E-state index >= 15 is 0 Å². The summed E-state index contributed by atoms with van der Waals surface area (Å²) >= 11 is 0. The van der Waals surface area contributed by atoms with E-state index in [0.29, 0.717) is 83.9 Å². The van der Waals surface area contributed by atoms with Gasteiger partial charge in [0.15, 0.2) is 0 Å². The van der Waals surface area contributed by atoms with Gasteiger partial charge in [0, 0.05) is 79.9 Å². The lowest BCUT2D eigenvalue weighted by Gasteiger charge is -2.25. The molecule has 9 amide bonds.